The van der Waals surface area contributed by atoms with Crippen LogP contribution in [0.4, 0.5) is 5.69 Å². The van der Waals surface area contributed by atoms with Crippen LogP contribution in [0.1, 0.15) is 10.4 Å². The number of benzene rings is 2. The van der Waals surface area contributed by atoms with Gasteiger partial charge in [-0.05, 0) is 23.8 Å². The number of ether oxygens (including phenoxy) is 2. The Balaban J connectivity index is 1.85. The largest absolute Gasteiger partial charge is 0.497 e. The van der Waals surface area contributed by atoms with Crippen molar-refractivity contribution in [3.05, 3.63) is 73.9 Å². The van der Waals surface area contributed by atoms with Crippen molar-refractivity contribution in [1.29, 1.82) is 0 Å². The van der Waals surface area contributed by atoms with Crippen molar-refractivity contribution in [3.63, 3.8) is 0 Å². The summed E-state index contributed by atoms with van der Waals surface area (Å²) in [5.41, 5.74) is 1.06. The number of fused-ring (bicyclic) bond motifs is 1. The fourth-order valence-electron chi connectivity index (χ4n) is 3.16. The molecule has 0 atom stereocenters. The molecule has 0 saturated carbocycles. The summed E-state index contributed by atoms with van der Waals surface area (Å²) in [6.45, 7) is 0. The maximum Gasteiger partial charge on any atom is 0.338 e. The summed E-state index contributed by atoms with van der Waals surface area (Å²) < 4.78 is 9.83. The predicted molar refractivity (Wildman–Crippen MR) is 116 cm³/mol. The van der Waals surface area contributed by atoms with Gasteiger partial charge in [-0.25, -0.2) is 9.78 Å². The van der Waals surface area contributed by atoms with Crippen LogP contribution >= 0.6 is 11.3 Å². The molecule has 0 spiro atoms. The Kier molecular flexibility index (Phi) is 5.22. The van der Waals surface area contributed by atoms with Gasteiger partial charge in [-0.15, -0.1) is 11.3 Å². The zero-order chi connectivity index (χ0) is 22.1. The normalized spacial score (nSPS) is 10.8. The van der Waals surface area contributed by atoms with E-state index in [1.54, 1.807) is 19.2 Å². The number of nitro benzene ring substituents is 1. The molecular weight excluding hydrogens is 422 g/mol. The highest BCUT2D eigenvalue weighted by molar-refractivity contribution is 7.17. The molecule has 4 rings (SSSR count). The maximum atomic E-state index is 12.9. The van der Waals surface area contributed by atoms with Gasteiger partial charge in [0.1, 0.15) is 16.4 Å². The molecule has 2 aromatic carbocycles. The molecular formula is C21H15N3O6S. The van der Waals surface area contributed by atoms with Crippen LogP contribution in [0, 0.1) is 10.1 Å². The Hall–Kier alpha value is -4.05. The number of hydrogen-bond acceptors (Lipinski definition) is 8. The lowest BCUT2D eigenvalue weighted by Gasteiger charge is -2.06. The van der Waals surface area contributed by atoms with E-state index in [1.165, 1.54) is 30.6 Å². The molecule has 0 saturated heterocycles. The van der Waals surface area contributed by atoms with Crippen LogP contribution in [0.25, 0.3) is 32.7 Å². The third-order valence-corrected chi connectivity index (χ3v) is 5.54. The number of non-ortho nitro benzene ring substituents is 1. The molecule has 0 bridgehead atoms. The SMILES string of the molecule is COC(=O)c1cc(-c2nc3scc(-c4ccc(OC)cc4)c3c(=O)[nH]2)cc([N+](=O)[O-])c1. The highest BCUT2D eigenvalue weighted by Crippen LogP contribution is 2.33. The van der Waals surface area contributed by atoms with E-state index in [1.807, 2.05) is 17.5 Å². The van der Waals surface area contributed by atoms with Gasteiger partial charge in [0.15, 0.2) is 0 Å². The van der Waals surface area contributed by atoms with Crippen LogP contribution in [0.3, 0.4) is 0 Å². The topological polar surface area (TPSA) is 124 Å². The molecule has 0 unspecified atom stereocenters. The lowest BCUT2D eigenvalue weighted by Crippen LogP contribution is -2.10. The van der Waals surface area contributed by atoms with Crippen molar-refractivity contribution in [1.82, 2.24) is 9.97 Å². The van der Waals surface area contributed by atoms with Crippen molar-refractivity contribution < 1.29 is 19.2 Å². The summed E-state index contributed by atoms with van der Waals surface area (Å²) >= 11 is 1.28. The Morgan fingerprint density at radius 2 is 1.87 bits per heavy atom. The zero-order valence-electron chi connectivity index (χ0n) is 16.4. The molecule has 0 radical (unpaired) electrons. The maximum absolute atomic E-state index is 12.9. The predicted octanol–water partition coefficient (Wildman–Crippen LogP) is 4.02. The number of aromatic amines is 1. The number of aromatic nitrogens is 2. The highest BCUT2D eigenvalue weighted by Gasteiger charge is 2.19. The number of carbonyl (C=O) groups excluding carboxylic acids is 1. The molecule has 2 heterocycles. The first-order valence-corrected chi connectivity index (χ1v) is 9.83. The van der Waals surface area contributed by atoms with E-state index >= 15 is 0 Å². The third kappa shape index (κ3) is 3.76. The molecule has 2 aromatic heterocycles. The van der Waals surface area contributed by atoms with E-state index in [4.69, 9.17) is 4.74 Å². The number of methoxy groups -OCH3 is 2. The highest BCUT2D eigenvalue weighted by atomic mass is 32.1. The average molecular weight is 437 g/mol. The van der Waals surface area contributed by atoms with Crippen LogP contribution in [0.2, 0.25) is 0 Å². The summed E-state index contributed by atoms with van der Waals surface area (Å²) in [6.07, 6.45) is 0. The number of thiophene rings is 1. The van der Waals surface area contributed by atoms with Crippen LogP contribution in [0.15, 0.2) is 52.6 Å². The van der Waals surface area contributed by atoms with Gasteiger partial charge in [0.2, 0.25) is 0 Å². The van der Waals surface area contributed by atoms with Crippen molar-refractivity contribution in [2.24, 2.45) is 0 Å². The number of nitro groups is 1. The summed E-state index contributed by atoms with van der Waals surface area (Å²) in [5.74, 6) is 0.0884. The molecule has 0 amide bonds. The van der Waals surface area contributed by atoms with E-state index in [0.717, 1.165) is 17.2 Å². The van der Waals surface area contributed by atoms with E-state index in [0.29, 0.717) is 16.0 Å². The number of rotatable bonds is 5. The van der Waals surface area contributed by atoms with Gasteiger partial charge in [0, 0.05) is 28.6 Å². The molecule has 10 heteroatoms. The number of nitrogens with zero attached hydrogens (tertiary/aromatic N) is 2. The lowest BCUT2D eigenvalue weighted by atomic mass is 10.1. The molecule has 9 nitrogen and oxygen atoms in total. The third-order valence-electron chi connectivity index (χ3n) is 4.67. The first kappa shape index (κ1) is 20.2. The fourth-order valence-corrected chi connectivity index (χ4v) is 4.11. The van der Waals surface area contributed by atoms with Gasteiger partial charge in [0.25, 0.3) is 11.2 Å². The van der Waals surface area contributed by atoms with Gasteiger partial charge in [0.05, 0.1) is 30.1 Å². The summed E-state index contributed by atoms with van der Waals surface area (Å²) in [4.78, 5) is 43.1. The van der Waals surface area contributed by atoms with Gasteiger partial charge in [-0.3, -0.25) is 14.9 Å². The van der Waals surface area contributed by atoms with Crippen LogP contribution < -0.4 is 10.3 Å². The number of H-pyrrole nitrogens is 1. The summed E-state index contributed by atoms with van der Waals surface area (Å²) in [7, 11) is 2.75. The van der Waals surface area contributed by atoms with E-state index in [-0.39, 0.29) is 22.6 Å². The lowest BCUT2D eigenvalue weighted by molar-refractivity contribution is -0.384. The smallest absolute Gasteiger partial charge is 0.338 e. The second kappa shape index (κ2) is 8.00. The Morgan fingerprint density at radius 1 is 1.13 bits per heavy atom. The van der Waals surface area contributed by atoms with Crippen LogP contribution in [-0.2, 0) is 4.74 Å². The van der Waals surface area contributed by atoms with E-state index in [9.17, 15) is 19.7 Å². The molecule has 0 aliphatic rings. The van der Waals surface area contributed by atoms with E-state index in [2.05, 4.69) is 14.7 Å². The second-order valence-corrected chi connectivity index (χ2v) is 7.35. The Morgan fingerprint density at radius 3 is 2.52 bits per heavy atom. The second-order valence-electron chi connectivity index (χ2n) is 6.49. The molecule has 1 N–H and O–H groups in total. The minimum absolute atomic E-state index is 0.0143. The zero-order valence-corrected chi connectivity index (χ0v) is 17.2. The number of carbonyl (C=O) groups is 1. The van der Waals surface area contributed by atoms with Crippen molar-refractivity contribution >= 4 is 33.2 Å². The Bertz CT molecular complexity index is 1370. The van der Waals surface area contributed by atoms with Gasteiger partial charge in [-0.1, -0.05) is 12.1 Å². The molecule has 156 valence electrons. The van der Waals surface area contributed by atoms with E-state index < -0.39 is 16.5 Å². The monoisotopic (exact) mass is 437 g/mol. The van der Waals surface area contributed by atoms with Gasteiger partial charge < -0.3 is 14.5 Å². The minimum atomic E-state index is -0.730. The number of nitrogens with one attached hydrogen (secondary N) is 1. The van der Waals surface area contributed by atoms with Crippen molar-refractivity contribution in [2.45, 2.75) is 0 Å². The summed E-state index contributed by atoms with van der Waals surface area (Å²) in [6, 6.07) is 11.0. The quantitative estimate of drug-likeness (QED) is 0.284. The molecule has 0 fully saturated rings. The first-order chi connectivity index (χ1) is 14.9. The molecule has 4 aromatic rings. The first-order valence-electron chi connectivity index (χ1n) is 8.95. The van der Waals surface area contributed by atoms with Crippen LogP contribution in [-0.4, -0.2) is 35.1 Å². The van der Waals surface area contributed by atoms with Gasteiger partial charge in [-0.2, -0.15) is 0 Å². The fraction of sp³-hybridized carbons (Fsp3) is 0.0952. The number of hydrogen-bond donors (Lipinski definition) is 1. The molecule has 31 heavy (non-hydrogen) atoms. The Labute approximate surface area is 179 Å². The molecule has 0 aliphatic carbocycles. The minimum Gasteiger partial charge on any atom is -0.497 e. The summed E-state index contributed by atoms with van der Waals surface area (Å²) in [5, 5.41) is 13.5. The standard InChI is InChI=1S/C21H15N3O6S/c1-29-15-5-3-11(4-6-15)16-10-31-20-17(16)19(25)22-18(23-20)12-7-13(21(26)30-2)9-14(8-12)24(27)28/h3-10H,1-2H3,(H,22,23,25). The van der Waals surface area contributed by atoms with Crippen LogP contribution in [0.5, 0.6) is 5.75 Å². The van der Waals surface area contributed by atoms with Crippen molar-refractivity contribution in [2.75, 3.05) is 14.2 Å². The average Bonchev–Trinajstić information content (AvgIpc) is 3.23. The van der Waals surface area contributed by atoms with Crippen molar-refractivity contribution in [3.8, 4) is 28.3 Å². The number of esters is 1. The molecule has 0 aliphatic heterocycles. The van der Waals surface area contributed by atoms with Gasteiger partial charge >= 0.3 is 5.97 Å².